The molecule has 1 aliphatic heterocycles. The van der Waals surface area contributed by atoms with Gasteiger partial charge in [-0.1, -0.05) is 25.1 Å². The average Bonchev–Trinajstić information content (AvgIpc) is 2.81. The number of anilines is 1. The van der Waals surface area contributed by atoms with E-state index in [4.69, 9.17) is 5.11 Å². The predicted octanol–water partition coefficient (Wildman–Crippen LogP) is 1.54. The van der Waals surface area contributed by atoms with E-state index >= 15 is 0 Å². The highest BCUT2D eigenvalue weighted by atomic mass is 16.4. The molecule has 0 radical (unpaired) electrons. The lowest BCUT2D eigenvalue weighted by Crippen LogP contribution is -2.48. The molecule has 3 unspecified atom stereocenters. The van der Waals surface area contributed by atoms with Crippen molar-refractivity contribution in [1.82, 2.24) is 10.2 Å². The second kappa shape index (κ2) is 7.33. The van der Waals surface area contributed by atoms with Crippen molar-refractivity contribution >= 4 is 23.6 Å². The van der Waals surface area contributed by atoms with Crippen LogP contribution in [0.5, 0.6) is 0 Å². The molecule has 1 aliphatic rings. The number of urea groups is 1. The number of hydrogen-bond acceptors (Lipinski definition) is 3. The molecule has 0 aromatic heterocycles. The number of benzene rings is 1. The Balaban J connectivity index is 2.00. The van der Waals surface area contributed by atoms with E-state index in [1.165, 1.54) is 18.9 Å². The van der Waals surface area contributed by atoms with E-state index in [1.54, 1.807) is 4.90 Å². The predicted molar refractivity (Wildman–Crippen MR) is 89.8 cm³/mol. The summed E-state index contributed by atoms with van der Waals surface area (Å²) in [5.74, 6) is -1.78. The van der Waals surface area contributed by atoms with Crippen molar-refractivity contribution in [2.45, 2.75) is 32.4 Å². The van der Waals surface area contributed by atoms with Gasteiger partial charge in [0, 0.05) is 25.3 Å². The normalized spacial score (nSPS) is 21.5. The molecule has 2 rings (SSSR count). The van der Waals surface area contributed by atoms with Crippen LogP contribution in [0.15, 0.2) is 30.3 Å². The largest absolute Gasteiger partial charge is 0.481 e. The van der Waals surface area contributed by atoms with Crippen molar-refractivity contribution in [2.75, 3.05) is 18.5 Å². The molecule has 1 aromatic rings. The van der Waals surface area contributed by atoms with Gasteiger partial charge in [-0.15, -0.1) is 0 Å². The quantitative estimate of drug-likeness (QED) is 0.855. The highest BCUT2D eigenvalue weighted by Gasteiger charge is 2.39. The minimum atomic E-state index is -0.963. The average molecular weight is 333 g/mol. The molecule has 1 saturated heterocycles. The van der Waals surface area contributed by atoms with E-state index in [9.17, 15) is 14.4 Å². The van der Waals surface area contributed by atoms with Crippen LogP contribution in [0.3, 0.4) is 0 Å². The summed E-state index contributed by atoms with van der Waals surface area (Å²) in [6.45, 7) is 3.55. The zero-order valence-corrected chi connectivity index (χ0v) is 14.1. The molecule has 2 N–H and O–H groups in total. The van der Waals surface area contributed by atoms with E-state index in [-0.39, 0.29) is 18.5 Å². The highest BCUT2D eigenvalue weighted by Crippen LogP contribution is 2.26. The van der Waals surface area contributed by atoms with Gasteiger partial charge in [-0.25, -0.2) is 4.79 Å². The molecular weight excluding hydrogens is 310 g/mol. The van der Waals surface area contributed by atoms with Gasteiger partial charge >= 0.3 is 12.0 Å². The van der Waals surface area contributed by atoms with Crippen LogP contribution < -0.4 is 10.2 Å². The fourth-order valence-corrected chi connectivity index (χ4v) is 2.85. The van der Waals surface area contributed by atoms with Crippen LogP contribution in [-0.4, -0.2) is 53.6 Å². The van der Waals surface area contributed by atoms with Crippen molar-refractivity contribution in [3.05, 3.63) is 30.3 Å². The van der Waals surface area contributed by atoms with Gasteiger partial charge in [0.2, 0.25) is 5.91 Å². The topological polar surface area (TPSA) is 90.0 Å². The fourth-order valence-electron chi connectivity index (χ4n) is 2.85. The number of nitrogens with zero attached hydrogens (tertiary/aromatic N) is 2. The lowest BCUT2D eigenvalue weighted by Gasteiger charge is -2.23. The molecule has 0 saturated carbocycles. The van der Waals surface area contributed by atoms with Crippen molar-refractivity contribution in [3.8, 4) is 0 Å². The Labute approximate surface area is 141 Å². The molecule has 0 spiro atoms. The second-order valence-electron chi connectivity index (χ2n) is 6.25. The Kier molecular flexibility index (Phi) is 5.43. The van der Waals surface area contributed by atoms with Crippen LogP contribution in [-0.2, 0) is 9.59 Å². The molecule has 1 fully saturated rings. The van der Waals surface area contributed by atoms with Gasteiger partial charge in [-0.2, -0.15) is 0 Å². The third kappa shape index (κ3) is 3.84. The third-order valence-electron chi connectivity index (χ3n) is 4.20. The molecule has 3 atom stereocenters. The number of rotatable bonds is 5. The van der Waals surface area contributed by atoms with Crippen LogP contribution in [0.1, 0.15) is 20.3 Å². The lowest BCUT2D eigenvalue weighted by atomic mass is 10.1. The summed E-state index contributed by atoms with van der Waals surface area (Å²) in [4.78, 5) is 38.7. The van der Waals surface area contributed by atoms with Crippen molar-refractivity contribution in [1.29, 1.82) is 0 Å². The van der Waals surface area contributed by atoms with Gasteiger partial charge in [-0.05, 0) is 25.5 Å². The zero-order valence-electron chi connectivity index (χ0n) is 14.1. The van der Waals surface area contributed by atoms with E-state index in [0.717, 1.165) is 5.69 Å². The molecule has 24 heavy (non-hydrogen) atoms. The number of carboxylic acids is 1. The molecule has 130 valence electrons. The molecule has 7 heteroatoms. The van der Waals surface area contributed by atoms with Gasteiger partial charge in [0.15, 0.2) is 0 Å². The number of para-hydroxylation sites is 1. The van der Waals surface area contributed by atoms with Crippen molar-refractivity contribution in [2.24, 2.45) is 5.92 Å². The number of aliphatic carboxylic acids is 1. The molecule has 7 nitrogen and oxygen atoms in total. The minimum absolute atomic E-state index is 0.0200. The Morgan fingerprint density at radius 1 is 1.38 bits per heavy atom. The maximum atomic E-state index is 12.6. The lowest BCUT2D eigenvalue weighted by molar-refractivity contribution is -0.141. The SMILES string of the molecule is CC(CN(C)C(=O)NC1CC(C)N(c2ccccc2)C1=O)C(=O)O. The second-order valence-corrected chi connectivity index (χ2v) is 6.25. The Morgan fingerprint density at radius 2 is 2.00 bits per heavy atom. The smallest absolute Gasteiger partial charge is 0.317 e. The first-order valence-electron chi connectivity index (χ1n) is 7.93. The van der Waals surface area contributed by atoms with Crippen LogP contribution in [0, 0.1) is 5.92 Å². The Bertz CT molecular complexity index is 620. The molecule has 3 amide bonds. The van der Waals surface area contributed by atoms with Gasteiger partial charge in [-0.3, -0.25) is 9.59 Å². The Hall–Kier alpha value is -2.57. The molecule has 0 aliphatic carbocycles. The summed E-state index contributed by atoms with van der Waals surface area (Å²) >= 11 is 0. The van der Waals surface area contributed by atoms with Crippen LogP contribution >= 0.6 is 0 Å². The maximum Gasteiger partial charge on any atom is 0.317 e. The fraction of sp³-hybridized carbons (Fsp3) is 0.471. The summed E-state index contributed by atoms with van der Waals surface area (Å²) in [6, 6.07) is 8.27. The first kappa shape index (κ1) is 17.8. The number of nitrogens with one attached hydrogen (secondary N) is 1. The van der Waals surface area contributed by atoms with Gasteiger partial charge in [0.25, 0.3) is 0 Å². The monoisotopic (exact) mass is 333 g/mol. The van der Waals surface area contributed by atoms with Crippen molar-refractivity contribution in [3.63, 3.8) is 0 Å². The number of carbonyl (C=O) groups is 3. The van der Waals surface area contributed by atoms with E-state index in [2.05, 4.69) is 5.32 Å². The van der Waals surface area contributed by atoms with Crippen LogP contribution in [0.25, 0.3) is 0 Å². The molecule has 1 heterocycles. The third-order valence-corrected chi connectivity index (χ3v) is 4.20. The summed E-state index contributed by atoms with van der Waals surface area (Å²) in [5, 5.41) is 11.6. The molecule has 1 aromatic carbocycles. The van der Waals surface area contributed by atoms with E-state index < -0.39 is 24.0 Å². The van der Waals surface area contributed by atoms with Crippen molar-refractivity contribution < 1.29 is 19.5 Å². The standard InChI is InChI=1S/C17H23N3O4/c1-11(16(22)23)10-19(3)17(24)18-14-9-12(2)20(15(14)21)13-7-5-4-6-8-13/h4-8,11-12,14H,9-10H2,1-3H3,(H,18,24)(H,22,23). The summed E-state index contributed by atoms with van der Waals surface area (Å²) in [5.41, 5.74) is 0.805. The summed E-state index contributed by atoms with van der Waals surface area (Å²) < 4.78 is 0. The van der Waals surface area contributed by atoms with Crippen LogP contribution in [0.2, 0.25) is 0 Å². The van der Waals surface area contributed by atoms with E-state index in [0.29, 0.717) is 6.42 Å². The molecular formula is C17H23N3O4. The van der Waals surface area contributed by atoms with Crippen LogP contribution in [0.4, 0.5) is 10.5 Å². The maximum absolute atomic E-state index is 12.6. The van der Waals surface area contributed by atoms with Gasteiger partial charge in [0.05, 0.1) is 5.92 Å². The minimum Gasteiger partial charge on any atom is -0.481 e. The number of carbonyl (C=O) groups excluding carboxylic acids is 2. The number of carboxylic acid groups (broad SMARTS) is 1. The first-order chi connectivity index (χ1) is 11.3. The highest BCUT2D eigenvalue weighted by molar-refractivity contribution is 6.01. The number of amides is 3. The van der Waals surface area contributed by atoms with Gasteiger partial charge < -0.3 is 20.2 Å². The molecule has 0 bridgehead atoms. The summed E-state index contributed by atoms with van der Waals surface area (Å²) in [7, 11) is 1.52. The summed E-state index contributed by atoms with van der Waals surface area (Å²) in [6.07, 6.45) is 0.516. The number of hydrogen-bond donors (Lipinski definition) is 2. The Morgan fingerprint density at radius 3 is 2.58 bits per heavy atom. The zero-order chi connectivity index (χ0) is 17.9. The van der Waals surface area contributed by atoms with E-state index in [1.807, 2.05) is 37.3 Å². The van der Waals surface area contributed by atoms with Gasteiger partial charge in [0.1, 0.15) is 6.04 Å². The first-order valence-corrected chi connectivity index (χ1v) is 7.93.